The van der Waals surface area contributed by atoms with Crippen molar-refractivity contribution in [3.63, 3.8) is 0 Å². The molecule has 134 valence electrons. The first kappa shape index (κ1) is 17.0. The molecular weight excluding hydrogens is 354 g/mol. The lowest BCUT2D eigenvalue weighted by molar-refractivity contribution is -0.134. The molecule has 0 unspecified atom stereocenters. The minimum absolute atomic E-state index is 0.243. The highest BCUT2D eigenvalue weighted by Gasteiger charge is 2.35. The molecule has 2 aromatic heterocycles. The van der Waals surface area contributed by atoms with Crippen LogP contribution in [0.3, 0.4) is 0 Å². The van der Waals surface area contributed by atoms with E-state index in [1.165, 1.54) is 48.7 Å². The van der Waals surface area contributed by atoms with E-state index in [0.29, 0.717) is 18.3 Å². The van der Waals surface area contributed by atoms with Gasteiger partial charge in [-0.25, -0.2) is 4.68 Å². The number of thiophene rings is 1. The van der Waals surface area contributed by atoms with Crippen molar-refractivity contribution < 1.29 is 4.79 Å². The van der Waals surface area contributed by atoms with Gasteiger partial charge in [-0.2, -0.15) is 0 Å². The summed E-state index contributed by atoms with van der Waals surface area (Å²) >= 11 is 3.15. The average Bonchev–Trinajstić information content (AvgIpc) is 3.31. The zero-order chi connectivity index (χ0) is 17.1. The van der Waals surface area contributed by atoms with E-state index in [1.807, 2.05) is 11.4 Å². The Bertz CT molecular complexity index is 700. The van der Waals surface area contributed by atoms with Gasteiger partial charge in [-0.1, -0.05) is 30.7 Å². The fourth-order valence-corrected chi connectivity index (χ4v) is 5.54. The number of aromatic nitrogens is 4. The molecule has 3 heterocycles. The zero-order valence-corrected chi connectivity index (χ0v) is 15.8. The van der Waals surface area contributed by atoms with E-state index in [-0.39, 0.29) is 5.91 Å². The van der Waals surface area contributed by atoms with Crippen LogP contribution >= 0.6 is 23.1 Å². The minimum Gasteiger partial charge on any atom is -0.339 e. The summed E-state index contributed by atoms with van der Waals surface area (Å²) in [6, 6.07) is 4.57. The second-order valence-corrected chi connectivity index (χ2v) is 8.80. The first-order valence-corrected chi connectivity index (χ1v) is 10.9. The van der Waals surface area contributed by atoms with Crippen LogP contribution in [0.15, 0.2) is 22.7 Å². The molecule has 1 amide bonds. The third kappa shape index (κ3) is 3.89. The molecular formula is C17H23N5OS2. The maximum atomic E-state index is 12.8. The van der Waals surface area contributed by atoms with Crippen LogP contribution < -0.4 is 0 Å². The van der Waals surface area contributed by atoms with Gasteiger partial charge in [0.25, 0.3) is 0 Å². The zero-order valence-electron chi connectivity index (χ0n) is 14.2. The van der Waals surface area contributed by atoms with Crippen LogP contribution in [0.1, 0.15) is 43.4 Å². The molecule has 1 aliphatic heterocycles. The average molecular weight is 378 g/mol. The SMILES string of the molecule is O=C(CSc1nnnn1Cc1cccs1)N1CCC[C@@H]2CCCC[C@@H]21. The van der Waals surface area contributed by atoms with Crippen molar-refractivity contribution in [2.24, 2.45) is 5.92 Å². The summed E-state index contributed by atoms with van der Waals surface area (Å²) in [6.07, 6.45) is 7.50. The lowest BCUT2D eigenvalue weighted by Gasteiger charge is -2.44. The second kappa shape index (κ2) is 7.86. The standard InChI is InChI=1S/C17H23N5OS2/c23-16(21-9-3-6-13-5-1-2-8-15(13)21)12-25-17-18-19-20-22(17)11-14-7-4-10-24-14/h4,7,10,13,15H,1-3,5-6,8-9,11-12H2/t13-,15-/m0/s1. The molecule has 1 saturated heterocycles. The summed E-state index contributed by atoms with van der Waals surface area (Å²) in [7, 11) is 0. The van der Waals surface area contributed by atoms with E-state index in [1.54, 1.807) is 16.0 Å². The van der Waals surface area contributed by atoms with Crippen molar-refractivity contribution in [3.05, 3.63) is 22.4 Å². The summed E-state index contributed by atoms with van der Waals surface area (Å²) in [4.78, 5) is 16.2. The van der Waals surface area contributed by atoms with E-state index in [9.17, 15) is 4.79 Å². The topological polar surface area (TPSA) is 63.9 Å². The molecule has 8 heteroatoms. The minimum atomic E-state index is 0.243. The molecule has 25 heavy (non-hydrogen) atoms. The normalized spacial score (nSPS) is 23.4. The first-order chi connectivity index (χ1) is 12.3. The van der Waals surface area contributed by atoms with Gasteiger partial charge in [-0.05, 0) is 53.5 Å². The highest BCUT2D eigenvalue weighted by atomic mass is 32.2. The Hall–Kier alpha value is -1.41. The Kier molecular flexibility index (Phi) is 5.36. The predicted molar refractivity (Wildman–Crippen MR) is 98.7 cm³/mol. The molecule has 0 radical (unpaired) electrons. The summed E-state index contributed by atoms with van der Waals surface area (Å²) < 4.78 is 1.78. The number of piperidine rings is 1. The maximum absolute atomic E-state index is 12.8. The number of hydrogen-bond acceptors (Lipinski definition) is 6. The molecule has 0 aromatic carbocycles. The van der Waals surface area contributed by atoms with Crippen molar-refractivity contribution >= 4 is 29.0 Å². The summed E-state index contributed by atoms with van der Waals surface area (Å²) in [6.45, 7) is 1.58. The number of carbonyl (C=O) groups is 1. The van der Waals surface area contributed by atoms with Crippen LogP contribution in [0, 0.1) is 5.92 Å². The van der Waals surface area contributed by atoms with E-state index < -0.39 is 0 Å². The van der Waals surface area contributed by atoms with Crippen LogP contribution in [0.2, 0.25) is 0 Å². The number of fused-ring (bicyclic) bond motifs is 1. The lowest BCUT2D eigenvalue weighted by atomic mass is 9.78. The van der Waals surface area contributed by atoms with Crippen molar-refractivity contribution in [2.45, 2.75) is 56.3 Å². The third-order valence-corrected chi connectivity index (χ3v) is 7.08. The van der Waals surface area contributed by atoms with Crippen LogP contribution in [-0.2, 0) is 11.3 Å². The Morgan fingerprint density at radius 1 is 1.28 bits per heavy atom. The third-order valence-electron chi connectivity index (χ3n) is 5.27. The molecule has 6 nitrogen and oxygen atoms in total. The van der Waals surface area contributed by atoms with E-state index in [0.717, 1.165) is 24.0 Å². The van der Waals surface area contributed by atoms with Gasteiger partial charge in [-0.3, -0.25) is 4.79 Å². The number of likely N-dealkylation sites (tertiary alicyclic amines) is 1. The number of rotatable bonds is 5. The summed E-state index contributed by atoms with van der Waals surface area (Å²) in [5, 5.41) is 14.7. The van der Waals surface area contributed by atoms with Crippen molar-refractivity contribution in [2.75, 3.05) is 12.3 Å². The number of amides is 1. The summed E-state index contributed by atoms with van der Waals surface area (Å²) in [5.74, 6) is 1.39. The summed E-state index contributed by atoms with van der Waals surface area (Å²) in [5.41, 5.74) is 0. The number of nitrogens with zero attached hydrogens (tertiary/aromatic N) is 5. The second-order valence-electron chi connectivity index (χ2n) is 6.83. The molecule has 1 aliphatic carbocycles. The van der Waals surface area contributed by atoms with Gasteiger partial charge in [0.2, 0.25) is 11.1 Å². The number of tetrazole rings is 1. The first-order valence-electron chi connectivity index (χ1n) is 9.02. The Balaban J connectivity index is 1.36. The van der Waals surface area contributed by atoms with Gasteiger partial charge < -0.3 is 4.90 Å². The van der Waals surface area contributed by atoms with E-state index in [4.69, 9.17) is 0 Å². The molecule has 2 aliphatic rings. The Morgan fingerprint density at radius 3 is 3.04 bits per heavy atom. The molecule has 2 atom stereocenters. The fourth-order valence-electron chi connectivity index (χ4n) is 4.09. The Morgan fingerprint density at radius 2 is 2.16 bits per heavy atom. The van der Waals surface area contributed by atoms with Gasteiger partial charge in [0.05, 0.1) is 12.3 Å². The van der Waals surface area contributed by atoms with Gasteiger partial charge in [0.1, 0.15) is 0 Å². The monoisotopic (exact) mass is 377 g/mol. The lowest BCUT2D eigenvalue weighted by Crippen LogP contribution is -2.50. The Labute approximate surface area is 156 Å². The van der Waals surface area contributed by atoms with Gasteiger partial charge >= 0.3 is 0 Å². The van der Waals surface area contributed by atoms with Gasteiger partial charge in [0.15, 0.2) is 0 Å². The smallest absolute Gasteiger partial charge is 0.233 e. The molecule has 2 fully saturated rings. The molecule has 0 bridgehead atoms. The van der Waals surface area contributed by atoms with Crippen molar-refractivity contribution in [1.29, 1.82) is 0 Å². The van der Waals surface area contributed by atoms with Crippen LogP contribution in [-0.4, -0.2) is 49.4 Å². The van der Waals surface area contributed by atoms with Crippen LogP contribution in [0.4, 0.5) is 0 Å². The van der Waals surface area contributed by atoms with Crippen molar-refractivity contribution in [3.8, 4) is 0 Å². The molecule has 4 rings (SSSR count). The molecule has 0 spiro atoms. The number of hydrogen-bond donors (Lipinski definition) is 0. The number of thioether (sulfide) groups is 1. The maximum Gasteiger partial charge on any atom is 0.233 e. The molecule has 1 saturated carbocycles. The predicted octanol–water partition coefficient (Wildman–Crippen LogP) is 3.06. The van der Waals surface area contributed by atoms with Crippen LogP contribution in [0.25, 0.3) is 0 Å². The molecule has 2 aromatic rings. The van der Waals surface area contributed by atoms with Gasteiger partial charge in [-0.15, -0.1) is 16.4 Å². The van der Waals surface area contributed by atoms with Crippen LogP contribution in [0.5, 0.6) is 0 Å². The molecule has 0 N–H and O–H groups in total. The van der Waals surface area contributed by atoms with Gasteiger partial charge in [0, 0.05) is 17.5 Å². The quantitative estimate of drug-likeness (QED) is 0.750. The highest BCUT2D eigenvalue weighted by molar-refractivity contribution is 7.99. The largest absolute Gasteiger partial charge is 0.339 e. The van der Waals surface area contributed by atoms with E-state index >= 15 is 0 Å². The highest BCUT2D eigenvalue weighted by Crippen LogP contribution is 2.35. The van der Waals surface area contributed by atoms with Crippen molar-refractivity contribution in [1.82, 2.24) is 25.1 Å². The fraction of sp³-hybridized carbons (Fsp3) is 0.647. The van der Waals surface area contributed by atoms with E-state index in [2.05, 4.69) is 26.5 Å². The number of carbonyl (C=O) groups excluding carboxylic acids is 1.